The number of aliphatic carboxylic acids is 1. The number of carboxylic acids is 1. The van der Waals surface area contributed by atoms with Crippen molar-refractivity contribution in [2.24, 2.45) is 5.92 Å². The lowest BCUT2D eigenvalue weighted by Gasteiger charge is -2.07. The molecule has 1 aromatic carbocycles. The molecule has 19 heavy (non-hydrogen) atoms. The Balaban J connectivity index is 2.23. The summed E-state index contributed by atoms with van der Waals surface area (Å²) in [6.45, 7) is 2.07. The fourth-order valence-electron chi connectivity index (χ4n) is 1.65. The third-order valence-corrected chi connectivity index (χ3v) is 2.81. The maximum Gasteiger partial charge on any atom is 0.306 e. The SMILES string of the molecule is CC(CCCNC(=O)Cc1cccc(F)c1)C(=O)O. The molecule has 0 aliphatic heterocycles. The van der Waals surface area contributed by atoms with Gasteiger partial charge < -0.3 is 10.4 Å². The van der Waals surface area contributed by atoms with E-state index in [-0.39, 0.29) is 18.1 Å². The minimum Gasteiger partial charge on any atom is -0.481 e. The number of halogens is 1. The van der Waals surface area contributed by atoms with Crippen molar-refractivity contribution in [2.75, 3.05) is 6.54 Å². The lowest BCUT2D eigenvalue weighted by molar-refractivity contribution is -0.141. The van der Waals surface area contributed by atoms with Gasteiger partial charge in [-0.1, -0.05) is 19.1 Å². The van der Waals surface area contributed by atoms with Crippen LogP contribution in [0.4, 0.5) is 4.39 Å². The first-order chi connectivity index (χ1) is 8.99. The van der Waals surface area contributed by atoms with Gasteiger partial charge >= 0.3 is 5.97 Å². The monoisotopic (exact) mass is 267 g/mol. The number of hydrogen-bond acceptors (Lipinski definition) is 2. The smallest absolute Gasteiger partial charge is 0.306 e. The standard InChI is InChI=1S/C14H18FNO3/c1-10(14(18)19)4-3-7-16-13(17)9-11-5-2-6-12(15)8-11/h2,5-6,8,10H,3-4,7,9H2,1H3,(H,16,17)(H,18,19). The molecule has 0 saturated heterocycles. The summed E-state index contributed by atoms with van der Waals surface area (Å²) in [7, 11) is 0. The average Bonchev–Trinajstić information content (AvgIpc) is 2.34. The van der Waals surface area contributed by atoms with Crippen molar-refractivity contribution in [1.29, 1.82) is 0 Å². The second-order valence-corrected chi connectivity index (χ2v) is 4.54. The number of hydrogen-bond donors (Lipinski definition) is 2. The summed E-state index contributed by atoms with van der Waals surface area (Å²) in [4.78, 5) is 22.1. The molecule has 0 aromatic heterocycles. The summed E-state index contributed by atoms with van der Waals surface area (Å²) in [6, 6.07) is 5.91. The Labute approximate surface area is 111 Å². The van der Waals surface area contributed by atoms with Gasteiger partial charge in [0.05, 0.1) is 12.3 Å². The minimum absolute atomic E-state index is 0.131. The second-order valence-electron chi connectivity index (χ2n) is 4.54. The van der Waals surface area contributed by atoms with Crippen molar-refractivity contribution in [3.8, 4) is 0 Å². The molecule has 0 fully saturated rings. The van der Waals surface area contributed by atoms with E-state index in [4.69, 9.17) is 5.11 Å². The van der Waals surface area contributed by atoms with Crippen LogP contribution in [0, 0.1) is 11.7 Å². The number of rotatable bonds is 7. The van der Waals surface area contributed by atoms with Crippen LogP contribution in [0.25, 0.3) is 0 Å². The molecule has 0 bridgehead atoms. The van der Waals surface area contributed by atoms with Gasteiger partial charge in [0.2, 0.25) is 5.91 Å². The summed E-state index contributed by atoms with van der Waals surface area (Å²) < 4.78 is 12.9. The van der Waals surface area contributed by atoms with Gasteiger partial charge in [-0.05, 0) is 30.5 Å². The molecular weight excluding hydrogens is 249 g/mol. The van der Waals surface area contributed by atoms with Crippen molar-refractivity contribution in [2.45, 2.75) is 26.2 Å². The lowest BCUT2D eigenvalue weighted by Crippen LogP contribution is -2.26. The first kappa shape index (κ1) is 15.1. The number of amides is 1. The molecule has 0 aliphatic carbocycles. The largest absolute Gasteiger partial charge is 0.481 e. The molecule has 1 atom stereocenters. The fraction of sp³-hybridized carbons (Fsp3) is 0.429. The predicted octanol–water partition coefficient (Wildman–Crippen LogP) is 1.99. The number of nitrogens with one attached hydrogen (secondary N) is 1. The highest BCUT2D eigenvalue weighted by molar-refractivity contribution is 5.78. The summed E-state index contributed by atoms with van der Waals surface area (Å²) in [5.74, 6) is -1.78. The number of benzene rings is 1. The number of carboxylic acid groups (broad SMARTS) is 1. The highest BCUT2D eigenvalue weighted by Gasteiger charge is 2.10. The number of carbonyl (C=O) groups excluding carboxylic acids is 1. The molecular formula is C14H18FNO3. The van der Waals surface area contributed by atoms with E-state index in [1.54, 1.807) is 19.1 Å². The molecule has 0 radical (unpaired) electrons. The maximum atomic E-state index is 12.9. The Morgan fingerprint density at radius 1 is 1.42 bits per heavy atom. The molecule has 104 valence electrons. The van der Waals surface area contributed by atoms with Crippen molar-refractivity contribution in [3.63, 3.8) is 0 Å². The Morgan fingerprint density at radius 3 is 2.79 bits per heavy atom. The number of carbonyl (C=O) groups is 2. The van der Waals surface area contributed by atoms with Crippen LogP contribution in [0.15, 0.2) is 24.3 Å². The van der Waals surface area contributed by atoms with Crippen molar-refractivity contribution < 1.29 is 19.1 Å². The molecule has 5 heteroatoms. The normalized spacial score (nSPS) is 11.9. The van der Waals surface area contributed by atoms with Crippen LogP contribution in [-0.2, 0) is 16.0 Å². The van der Waals surface area contributed by atoms with Crippen LogP contribution < -0.4 is 5.32 Å². The van der Waals surface area contributed by atoms with Gasteiger partial charge in [-0.15, -0.1) is 0 Å². The molecule has 0 heterocycles. The van der Waals surface area contributed by atoms with Gasteiger partial charge in [0.15, 0.2) is 0 Å². The van der Waals surface area contributed by atoms with Gasteiger partial charge in [-0.3, -0.25) is 9.59 Å². The van der Waals surface area contributed by atoms with E-state index in [0.29, 0.717) is 24.9 Å². The Bertz CT molecular complexity index is 448. The molecule has 0 saturated carbocycles. The van der Waals surface area contributed by atoms with Crippen molar-refractivity contribution >= 4 is 11.9 Å². The van der Waals surface area contributed by atoms with Gasteiger partial charge in [0.25, 0.3) is 0 Å². The quantitative estimate of drug-likeness (QED) is 0.742. The molecule has 2 N–H and O–H groups in total. The third-order valence-electron chi connectivity index (χ3n) is 2.81. The van der Waals surface area contributed by atoms with Gasteiger partial charge in [-0.2, -0.15) is 0 Å². The van der Waals surface area contributed by atoms with Crippen LogP contribution in [0.3, 0.4) is 0 Å². The van der Waals surface area contributed by atoms with Crippen LogP contribution in [0.1, 0.15) is 25.3 Å². The zero-order chi connectivity index (χ0) is 14.3. The molecule has 0 aliphatic rings. The van der Waals surface area contributed by atoms with E-state index >= 15 is 0 Å². The zero-order valence-corrected chi connectivity index (χ0v) is 10.9. The van der Waals surface area contributed by atoms with Crippen LogP contribution in [-0.4, -0.2) is 23.5 Å². The average molecular weight is 267 g/mol. The highest BCUT2D eigenvalue weighted by atomic mass is 19.1. The van der Waals surface area contributed by atoms with Crippen LogP contribution >= 0.6 is 0 Å². The maximum absolute atomic E-state index is 12.9. The van der Waals surface area contributed by atoms with E-state index in [2.05, 4.69) is 5.32 Å². The molecule has 4 nitrogen and oxygen atoms in total. The van der Waals surface area contributed by atoms with E-state index in [0.717, 1.165) is 0 Å². The van der Waals surface area contributed by atoms with E-state index in [1.165, 1.54) is 12.1 Å². The minimum atomic E-state index is -0.828. The second kappa shape index (κ2) is 7.51. The summed E-state index contributed by atoms with van der Waals surface area (Å²) >= 11 is 0. The molecule has 1 amide bonds. The molecule has 1 aromatic rings. The first-order valence-electron chi connectivity index (χ1n) is 6.23. The van der Waals surface area contributed by atoms with Gasteiger partial charge in [-0.25, -0.2) is 4.39 Å². The van der Waals surface area contributed by atoms with E-state index < -0.39 is 11.9 Å². The lowest BCUT2D eigenvalue weighted by atomic mass is 10.1. The fourth-order valence-corrected chi connectivity index (χ4v) is 1.65. The van der Waals surface area contributed by atoms with Gasteiger partial charge in [0, 0.05) is 6.54 Å². The molecule has 1 rings (SSSR count). The Morgan fingerprint density at radius 2 is 2.16 bits per heavy atom. The third kappa shape index (κ3) is 5.99. The Kier molecular flexibility index (Phi) is 5.99. The molecule has 0 spiro atoms. The van der Waals surface area contributed by atoms with Crippen molar-refractivity contribution in [3.05, 3.63) is 35.6 Å². The summed E-state index contributed by atoms with van der Waals surface area (Å²) in [6.07, 6.45) is 1.27. The molecule has 1 unspecified atom stereocenters. The Hall–Kier alpha value is -1.91. The van der Waals surface area contributed by atoms with Crippen molar-refractivity contribution in [1.82, 2.24) is 5.32 Å². The summed E-state index contributed by atoms with van der Waals surface area (Å²) in [5.41, 5.74) is 0.622. The predicted molar refractivity (Wildman–Crippen MR) is 69.1 cm³/mol. The van der Waals surface area contributed by atoms with E-state index in [9.17, 15) is 14.0 Å². The van der Waals surface area contributed by atoms with Crippen LogP contribution in [0.5, 0.6) is 0 Å². The van der Waals surface area contributed by atoms with Crippen LogP contribution in [0.2, 0.25) is 0 Å². The van der Waals surface area contributed by atoms with E-state index in [1.807, 2.05) is 0 Å². The van der Waals surface area contributed by atoms with Gasteiger partial charge in [0.1, 0.15) is 5.82 Å². The highest BCUT2D eigenvalue weighted by Crippen LogP contribution is 2.05. The topological polar surface area (TPSA) is 66.4 Å². The summed E-state index contributed by atoms with van der Waals surface area (Å²) in [5, 5.41) is 11.4. The first-order valence-corrected chi connectivity index (χ1v) is 6.23. The zero-order valence-electron chi connectivity index (χ0n) is 10.9.